The Balaban J connectivity index is 1.72. The van der Waals surface area contributed by atoms with E-state index in [-0.39, 0.29) is 6.03 Å². The third-order valence-corrected chi connectivity index (χ3v) is 4.59. The maximum Gasteiger partial charge on any atom is 0.321 e. The first kappa shape index (κ1) is 14.9. The normalized spacial score (nSPS) is 14.6. The van der Waals surface area contributed by atoms with E-state index in [0.717, 1.165) is 41.7 Å². The molecule has 0 bridgehead atoms. The number of piperazine rings is 1. The van der Waals surface area contributed by atoms with Crippen LogP contribution >= 0.6 is 11.8 Å². The van der Waals surface area contributed by atoms with Gasteiger partial charge >= 0.3 is 6.03 Å². The van der Waals surface area contributed by atoms with Gasteiger partial charge in [-0.15, -0.1) is 0 Å². The van der Waals surface area contributed by atoms with Crippen molar-refractivity contribution in [3.8, 4) is 0 Å². The van der Waals surface area contributed by atoms with Crippen molar-refractivity contribution in [3.63, 3.8) is 0 Å². The molecule has 1 fully saturated rings. The van der Waals surface area contributed by atoms with E-state index >= 15 is 0 Å². The molecule has 1 heterocycles. The first-order chi connectivity index (χ1) is 10.8. The summed E-state index contributed by atoms with van der Waals surface area (Å²) in [4.78, 5) is 16.4. The lowest BCUT2D eigenvalue weighted by atomic mass is 10.3. The maximum absolute atomic E-state index is 12.3. The van der Waals surface area contributed by atoms with Crippen LogP contribution in [0.25, 0.3) is 0 Å². The van der Waals surface area contributed by atoms with Crippen LogP contribution in [-0.2, 0) is 0 Å². The average Bonchev–Trinajstić information content (AvgIpc) is 2.58. The van der Waals surface area contributed by atoms with Crippen molar-refractivity contribution < 1.29 is 4.79 Å². The Morgan fingerprint density at radius 1 is 1.00 bits per heavy atom. The molecule has 2 aromatic rings. The molecule has 0 aliphatic carbocycles. The van der Waals surface area contributed by atoms with Gasteiger partial charge in [-0.25, -0.2) is 4.79 Å². The number of hydrogen-bond acceptors (Lipinski definition) is 3. The monoisotopic (exact) mass is 313 g/mol. The van der Waals surface area contributed by atoms with E-state index in [0.29, 0.717) is 0 Å². The summed E-state index contributed by atoms with van der Waals surface area (Å²) in [7, 11) is 0. The van der Waals surface area contributed by atoms with E-state index in [1.165, 1.54) is 0 Å². The van der Waals surface area contributed by atoms with Crippen LogP contribution in [0.5, 0.6) is 0 Å². The molecule has 0 unspecified atom stereocenters. The Morgan fingerprint density at radius 2 is 1.68 bits per heavy atom. The molecule has 1 aliphatic heterocycles. The fraction of sp³-hybridized carbons (Fsp3) is 0.235. The number of carbonyl (C=O) groups excluding carboxylic acids is 1. The molecule has 0 radical (unpaired) electrons. The minimum absolute atomic E-state index is 0.0254. The lowest BCUT2D eigenvalue weighted by molar-refractivity contribution is 0.204. The first-order valence-corrected chi connectivity index (χ1v) is 8.23. The number of urea groups is 1. The molecule has 22 heavy (non-hydrogen) atoms. The number of para-hydroxylation sites is 1. The predicted molar refractivity (Wildman–Crippen MR) is 90.5 cm³/mol. The van der Waals surface area contributed by atoms with Gasteiger partial charge in [-0.05, 0) is 24.3 Å². The number of amides is 2. The number of benzene rings is 2. The van der Waals surface area contributed by atoms with E-state index in [9.17, 15) is 4.79 Å². The van der Waals surface area contributed by atoms with Crippen LogP contribution in [0.15, 0.2) is 64.4 Å². The van der Waals surface area contributed by atoms with Gasteiger partial charge in [0.25, 0.3) is 0 Å². The van der Waals surface area contributed by atoms with Gasteiger partial charge in [-0.3, -0.25) is 0 Å². The quantitative estimate of drug-likeness (QED) is 0.914. The Morgan fingerprint density at radius 3 is 2.45 bits per heavy atom. The van der Waals surface area contributed by atoms with E-state index in [2.05, 4.69) is 22.8 Å². The molecule has 0 atom stereocenters. The SMILES string of the molecule is O=C(Nc1ccccc1Sc1ccccc1)N1CCNCC1. The summed E-state index contributed by atoms with van der Waals surface area (Å²) in [6.45, 7) is 3.21. The summed E-state index contributed by atoms with van der Waals surface area (Å²) in [6.07, 6.45) is 0. The molecule has 0 aromatic heterocycles. The predicted octanol–water partition coefficient (Wildman–Crippen LogP) is 3.27. The molecule has 4 nitrogen and oxygen atoms in total. The maximum atomic E-state index is 12.3. The number of hydrogen-bond donors (Lipinski definition) is 2. The minimum Gasteiger partial charge on any atom is -0.322 e. The van der Waals surface area contributed by atoms with Crippen molar-refractivity contribution in [2.75, 3.05) is 31.5 Å². The van der Waals surface area contributed by atoms with Crippen molar-refractivity contribution in [1.82, 2.24) is 10.2 Å². The van der Waals surface area contributed by atoms with Gasteiger partial charge < -0.3 is 15.5 Å². The van der Waals surface area contributed by atoms with Crippen LogP contribution in [0.2, 0.25) is 0 Å². The largest absolute Gasteiger partial charge is 0.322 e. The highest BCUT2D eigenvalue weighted by Crippen LogP contribution is 2.33. The van der Waals surface area contributed by atoms with Crippen LogP contribution in [0, 0.1) is 0 Å². The lowest BCUT2D eigenvalue weighted by Gasteiger charge is -2.27. The van der Waals surface area contributed by atoms with Crippen LogP contribution in [0.3, 0.4) is 0 Å². The van der Waals surface area contributed by atoms with Gasteiger partial charge in [-0.2, -0.15) is 0 Å². The van der Waals surface area contributed by atoms with Crippen LogP contribution in [-0.4, -0.2) is 37.1 Å². The number of nitrogens with zero attached hydrogens (tertiary/aromatic N) is 1. The van der Waals surface area contributed by atoms with Crippen LogP contribution in [0.4, 0.5) is 10.5 Å². The molecule has 5 heteroatoms. The number of anilines is 1. The van der Waals surface area contributed by atoms with Gasteiger partial charge in [0.15, 0.2) is 0 Å². The average molecular weight is 313 g/mol. The second-order valence-corrected chi connectivity index (χ2v) is 6.19. The second kappa shape index (κ2) is 7.33. The molecular formula is C17H19N3OS. The van der Waals surface area contributed by atoms with Gasteiger partial charge in [0.2, 0.25) is 0 Å². The minimum atomic E-state index is -0.0254. The zero-order valence-electron chi connectivity index (χ0n) is 12.3. The number of nitrogens with one attached hydrogen (secondary N) is 2. The highest BCUT2D eigenvalue weighted by molar-refractivity contribution is 7.99. The third kappa shape index (κ3) is 3.81. The van der Waals surface area contributed by atoms with Crippen LogP contribution in [0.1, 0.15) is 0 Å². The van der Waals surface area contributed by atoms with Gasteiger partial charge in [0.05, 0.1) is 5.69 Å². The summed E-state index contributed by atoms with van der Waals surface area (Å²) >= 11 is 1.66. The summed E-state index contributed by atoms with van der Waals surface area (Å²) in [5, 5.41) is 6.29. The van der Waals surface area contributed by atoms with Crippen molar-refractivity contribution >= 4 is 23.5 Å². The van der Waals surface area contributed by atoms with Crippen molar-refractivity contribution in [1.29, 1.82) is 0 Å². The topological polar surface area (TPSA) is 44.4 Å². The Labute approximate surface area is 134 Å². The zero-order valence-corrected chi connectivity index (χ0v) is 13.1. The number of rotatable bonds is 3. The molecule has 3 rings (SSSR count). The standard InChI is InChI=1S/C17H19N3OS/c21-17(20-12-10-18-11-13-20)19-15-8-4-5-9-16(15)22-14-6-2-1-3-7-14/h1-9,18H,10-13H2,(H,19,21). The summed E-state index contributed by atoms with van der Waals surface area (Å²) in [5.74, 6) is 0. The summed E-state index contributed by atoms with van der Waals surface area (Å²) in [6, 6.07) is 18.1. The smallest absolute Gasteiger partial charge is 0.321 e. The second-order valence-electron chi connectivity index (χ2n) is 5.08. The molecule has 2 amide bonds. The molecule has 0 spiro atoms. The molecule has 2 N–H and O–H groups in total. The Kier molecular flexibility index (Phi) is 4.98. The molecule has 114 valence electrons. The van der Waals surface area contributed by atoms with Crippen molar-refractivity contribution in [2.45, 2.75) is 9.79 Å². The Bertz CT molecular complexity index is 627. The van der Waals surface area contributed by atoms with Gasteiger partial charge in [-0.1, -0.05) is 42.1 Å². The third-order valence-electron chi connectivity index (χ3n) is 3.50. The highest BCUT2D eigenvalue weighted by atomic mass is 32.2. The lowest BCUT2D eigenvalue weighted by Crippen LogP contribution is -2.48. The van der Waals surface area contributed by atoms with E-state index < -0.39 is 0 Å². The highest BCUT2D eigenvalue weighted by Gasteiger charge is 2.17. The van der Waals surface area contributed by atoms with Gasteiger partial charge in [0.1, 0.15) is 0 Å². The molecule has 1 aliphatic rings. The molecule has 0 saturated carbocycles. The Hall–Kier alpha value is -1.98. The molecule has 1 saturated heterocycles. The van der Waals surface area contributed by atoms with Crippen molar-refractivity contribution in [2.24, 2.45) is 0 Å². The number of carbonyl (C=O) groups is 1. The van der Waals surface area contributed by atoms with Crippen LogP contribution < -0.4 is 10.6 Å². The summed E-state index contributed by atoms with van der Waals surface area (Å²) < 4.78 is 0. The fourth-order valence-corrected chi connectivity index (χ4v) is 3.26. The fourth-order valence-electron chi connectivity index (χ4n) is 2.34. The molecular weight excluding hydrogens is 294 g/mol. The van der Waals surface area contributed by atoms with E-state index in [1.807, 2.05) is 47.4 Å². The molecule has 2 aromatic carbocycles. The van der Waals surface area contributed by atoms with E-state index in [4.69, 9.17) is 0 Å². The first-order valence-electron chi connectivity index (χ1n) is 7.41. The summed E-state index contributed by atoms with van der Waals surface area (Å²) in [5.41, 5.74) is 0.861. The van der Waals surface area contributed by atoms with Crippen molar-refractivity contribution in [3.05, 3.63) is 54.6 Å². The van der Waals surface area contributed by atoms with Gasteiger partial charge in [0, 0.05) is 36.0 Å². The zero-order chi connectivity index (χ0) is 15.2. The van der Waals surface area contributed by atoms with E-state index in [1.54, 1.807) is 11.8 Å².